The number of pyridine rings is 1. The lowest BCUT2D eigenvalue weighted by Crippen LogP contribution is -2.55. The van der Waals surface area contributed by atoms with E-state index in [0.717, 1.165) is 5.39 Å². The molecule has 1 aliphatic rings. The number of likely N-dealkylation sites (tertiary alicyclic amines) is 1. The first-order chi connectivity index (χ1) is 17.5. The number of amides is 1. The van der Waals surface area contributed by atoms with Crippen LogP contribution >= 0.6 is 0 Å². The Bertz CT molecular complexity index is 1440. The summed E-state index contributed by atoms with van der Waals surface area (Å²) in [6.45, 7) is -0.374. The molecule has 1 aliphatic heterocycles. The van der Waals surface area contributed by atoms with Crippen LogP contribution in [0.3, 0.4) is 0 Å². The Morgan fingerprint density at radius 2 is 1.81 bits per heavy atom. The van der Waals surface area contributed by atoms with Crippen LogP contribution in [0.2, 0.25) is 0 Å². The Labute approximate surface area is 205 Å². The fraction of sp³-hybridized carbons (Fsp3) is 0.261. The highest BCUT2D eigenvalue weighted by atomic mass is 19.4. The number of carbonyl (C=O) groups excluding carboxylic acids is 1. The lowest BCUT2D eigenvalue weighted by Gasteiger charge is -2.37. The molecule has 1 atom stereocenters. The van der Waals surface area contributed by atoms with Gasteiger partial charge in [0.25, 0.3) is 11.8 Å². The van der Waals surface area contributed by atoms with E-state index in [9.17, 15) is 26.7 Å². The zero-order chi connectivity index (χ0) is 26.8. The average molecular weight is 523 g/mol. The standard InChI is InChI=1S/C21H17F2N5O2.C2HF3O2/c22-21(23)9-11-27(20(29)19-24-12-15-5-3-10-25-28(15)19)13-17(21)30-18-8-7-14-4-1-2-6-16(14)26-18;3-2(4,5)1(6)7/h1-8,10,12,17H,9,11,13H2;(H,6,7)/t17-;/m0./s1. The highest BCUT2D eigenvalue weighted by Crippen LogP contribution is 2.32. The summed E-state index contributed by atoms with van der Waals surface area (Å²) in [7, 11) is 0. The van der Waals surface area contributed by atoms with Crippen molar-refractivity contribution in [2.75, 3.05) is 13.1 Å². The van der Waals surface area contributed by atoms with E-state index in [1.165, 1.54) is 21.8 Å². The molecule has 1 N–H and O–H groups in total. The Hall–Kier alpha value is -4.36. The maximum atomic E-state index is 14.6. The number of ether oxygens (including phenoxy) is 1. The summed E-state index contributed by atoms with van der Waals surface area (Å²) in [4.78, 5) is 31.6. The number of halogens is 5. The molecule has 194 valence electrons. The van der Waals surface area contributed by atoms with Gasteiger partial charge in [-0.3, -0.25) is 4.79 Å². The molecule has 0 aliphatic carbocycles. The Morgan fingerprint density at radius 3 is 2.54 bits per heavy atom. The van der Waals surface area contributed by atoms with Crippen LogP contribution in [0.15, 0.2) is 60.9 Å². The van der Waals surface area contributed by atoms with Gasteiger partial charge in [-0.1, -0.05) is 18.2 Å². The molecule has 9 nitrogen and oxygen atoms in total. The topological polar surface area (TPSA) is 110 Å². The van der Waals surface area contributed by atoms with Gasteiger partial charge in [-0.05, 0) is 24.3 Å². The van der Waals surface area contributed by atoms with Crippen molar-refractivity contribution in [3.8, 4) is 5.88 Å². The molecule has 1 aromatic carbocycles. The third-order valence-electron chi connectivity index (χ3n) is 5.43. The van der Waals surface area contributed by atoms with Gasteiger partial charge in [0, 0.05) is 30.6 Å². The Balaban J connectivity index is 0.000000405. The largest absolute Gasteiger partial charge is 0.490 e. The summed E-state index contributed by atoms with van der Waals surface area (Å²) >= 11 is 0. The van der Waals surface area contributed by atoms with Gasteiger partial charge in [0.15, 0.2) is 6.10 Å². The molecule has 0 bridgehead atoms. The van der Waals surface area contributed by atoms with Crippen LogP contribution in [0.1, 0.15) is 17.0 Å². The van der Waals surface area contributed by atoms with Crippen LogP contribution in [-0.4, -0.2) is 72.8 Å². The number of benzene rings is 1. The quantitative estimate of drug-likeness (QED) is 0.407. The average Bonchev–Trinajstić information content (AvgIpc) is 3.29. The third-order valence-corrected chi connectivity index (χ3v) is 5.43. The van der Waals surface area contributed by atoms with E-state index < -0.39 is 36.5 Å². The molecule has 0 saturated carbocycles. The first-order valence-corrected chi connectivity index (χ1v) is 10.7. The molecule has 14 heteroatoms. The number of fused-ring (bicyclic) bond motifs is 2. The van der Waals surface area contributed by atoms with Gasteiger partial charge in [-0.25, -0.2) is 28.1 Å². The summed E-state index contributed by atoms with van der Waals surface area (Å²) in [5.41, 5.74) is 1.30. The number of piperidine rings is 1. The minimum Gasteiger partial charge on any atom is -0.475 e. The summed E-state index contributed by atoms with van der Waals surface area (Å²) in [6, 6.07) is 14.2. The fourth-order valence-corrected chi connectivity index (χ4v) is 3.56. The number of nitrogens with zero attached hydrogens (tertiary/aromatic N) is 5. The number of carboxylic acids is 1. The first-order valence-electron chi connectivity index (χ1n) is 10.7. The summed E-state index contributed by atoms with van der Waals surface area (Å²) in [6.07, 6.45) is -4.05. The van der Waals surface area contributed by atoms with Crippen molar-refractivity contribution in [1.29, 1.82) is 0 Å². The lowest BCUT2D eigenvalue weighted by molar-refractivity contribution is -0.192. The van der Waals surface area contributed by atoms with Crippen LogP contribution in [0.25, 0.3) is 16.4 Å². The van der Waals surface area contributed by atoms with Crippen molar-refractivity contribution in [1.82, 2.24) is 24.5 Å². The smallest absolute Gasteiger partial charge is 0.475 e. The molecule has 4 heterocycles. The molecule has 4 aromatic rings. The second-order valence-corrected chi connectivity index (χ2v) is 7.96. The molecule has 1 saturated heterocycles. The zero-order valence-corrected chi connectivity index (χ0v) is 18.8. The SMILES string of the molecule is O=C(O)C(F)(F)F.O=C(c1ncc2cccnn12)N1CCC(F)(F)[C@@H](Oc2ccc3ccccc3n2)C1. The molecule has 5 rings (SSSR count). The number of aromatic nitrogens is 4. The molecular weight excluding hydrogens is 505 g/mol. The minimum absolute atomic E-state index is 0.0818. The fourth-order valence-electron chi connectivity index (χ4n) is 3.56. The molecule has 1 fully saturated rings. The van der Waals surface area contributed by atoms with Gasteiger partial charge in [0.2, 0.25) is 11.7 Å². The van der Waals surface area contributed by atoms with Crippen LogP contribution in [0.4, 0.5) is 22.0 Å². The molecule has 37 heavy (non-hydrogen) atoms. The maximum Gasteiger partial charge on any atom is 0.490 e. The van der Waals surface area contributed by atoms with Gasteiger partial charge in [-0.2, -0.15) is 18.3 Å². The van der Waals surface area contributed by atoms with E-state index in [1.807, 2.05) is 18.2 Å². The normalized spacial score (nSPS) is 17.2. The van der Waals surface area contributed by atoms with Crippen molar-refractivity contribution in [3.05, 3.63) is 66.7 Å². The monoisotopic (exact) mass is 523 g/mol. The van der Waals surface area contributed by atoms with Crippen LogP contribution in [0, 0.1) is 0 Å². The second kappa shape index (κ2) is 9.95. The highest BCUT2D eigenvalue weighted by Gasteiger charge is 2.47. The third kappa shape index (κ3) is 5.73. The van der Waals surface area contributed by atoms with E-state index in [2.05, 4.69) is 15.1 Å². The van der Waals surface area contributed by atoms with Gasteiger partial charge in [-0.15, -0.1) is 0 Å². The summed E-state index contributed by atoms with van der Waals surface area (Å²) in [5, 5.41) is 12.1. The summed E-state index contributed by atoms with van der Waals surface area (Å²) < 4.78 is 67.9. The van der Waals surface area contributed by atoms with Crippen molar-refractivity contribution in [3.63, 3.8) is 0 Å². The van der Waals surface area contributed by atoms with Gasteiger partial charge in [0.05, 0.1) is 23.8 Å². The van der Waals surface area contributed by atoms with Crippen LogP contribution < -0.4 is 4.74 Å². The van der Waals surface area contributed by atoms with Crippen molar-refractivity contribution >= 4 is 28.3 Å². The van der Waals surface area contributed by atoms with Crippen molar-refractivity contribution in [2.45, 2.75) is 24.6 Å². The number of hydrogen-bond donors (Lipinski definition) is 1. The molecule has 0 radical (unpaired) electrons. The Morgan fingerprint density at radius 1 is 1.08 bits per heavy atom. The number of hydrogen-bond acceptors (Lipinski definition) is 6. The van der Waals surface area contributed by atoms with Crippen LogP contribution in [0.5, 0.6) is 5.88 Å². The van der Waals surface area contributed by atoms with E-state index in [4.69, 9.17) is 14.6 Å². The van der Waals surface area contributed by atoms with Crippen molar-refractivity contribution < 1.29 is 41.4 Å². The van der Waals surface area contributed by atoms with Gasteiger partial charge >= 0.3 is 12.1 Å². The number of alkyl halides is 5. The second-order valence-electron chi connectivity index (χ2n) is 7.96. The maximum absolute atomic E-state index is 14.6. The van der Waals surface area contributed by atoms with Crippen molar-refractivity contribution in [2.24, 2.45) is 0 Å². The molecule has 1 amide bonds. The molecule has 0 unspecified atom stereocenters. The number of carbonyl (C=O) groups is 2. The highest BCUT2D eigenvalue weighted by molar-refractivity contribution is 5.91. The summed E-state index contributed by atoms with van der Waals surface area (Å²) in [5.74, 6) is -6.13. The van der Waals surface area contributed by atoms with E-state index in [-0.39, 0.29) is 24.8 Å². The zero-order valence-electron chi connectivity index (χ0n) is 18.8. The molecule has 0 spiro atoms. The van der Waals surface area contributed by atoms with E-state index in [0.29, 0.717) is 11.0 Å². The van der Waals surface area contributed by atoms with E-state index >= 15 is 0 Å². The number of aliphatic carboxylic acids is 1. The predicted molar refractivity (Wildman–Crippen MR) is 118 cm³/mol. The van der Waals surface area contributed by atoms with Crippen LogP contribution in [-0.2, 0) is 4.79 Å². The predicted octanol–water partition coefficient (Wildman–Crippen LogP) is 3.84. The number of rotatable bonds is 3. The lowest BCUT2D eigenvalue weighted by atomic mass is 10.0. The molecule has 3 aromatic heterocycles. The first kappa shape index (κ1) is 25.7. The number of carboxylic acid groups (broad SMARTS) is 1. The Kier molecular flexibility index (Phi) is 6.92. The number of imidazole rings is 1. The minimum atomic E-state index is -5.08. The van der Waals surface area contributed by atoms with Gasteiger partial charge in [0.1, 0.15) is 0 Å². The van der Waals surface area contributed by atoms with Gasteiger partial charge < -0.3 is 14.7 Å². The van der Waals surface area contributed by atoms with E-state index in [1.54, 1.807) is 30.3 Å². The molecular formula is C23H18F5N5O4. The number of para-hydroxylation sites is 1.